The summed E-state index contributed by atoms with van der Waals surface area (Å²) in [6, 6.07) is 10.6. The summed E-state index contributed by atoms with van der Waals surface area (Å²) in [7, 11) is 0. The van der Waals surface area contributed by atoms with Gasteiger partial charge in [0.2, 0.25) is 0 Å². The Labute approximate surface area is 172 Å². The predicted molar refractivity (Wildman–Crippen MR) is 110 cm³/mol. The molecule has 1 aliphatic rings. The van der Waals surface area contributed by atoms with Gasteiger partial charge in [-0.1, -0.05) is 41.0 Å². The Bertz CT molecular complexity index is 917. The molecule has 1 aromatic heterocycles. The highest BCUT2D eigenvalue weighted by atomic mass is 35.5. The molecule has 0 spiro atoms. The summed E-state index contributed by atoms with van der Waals surface area (Å²) in [5.41, 5.74) is 2.28. The van der Waals surface area contributed by atoms with Crippen molar-refractivity contribution in [3.05, 3.63) is 56.7 Å². The van der Waals surface area contributed by atoms with Gasteiger partial charge >= 0.3 is 0 Å². The number of ketones is 3. The molecule has 7 heteroatoms. The van der Waals surface area contributed by atoms with Gasteiger partial charge in [0.1, 0.15) is 11.9 Å². The monoisotopic (exact) mass is 417 g/mol. The minimum atomic E-state index is -0.133. The second-order valence-corrected chi connectivity index (χ2v) is 8.45. The quantitative estimate of drug-likeness (QED) is 0.531. The van der Waals surface area contributed by atoms with Crippen molar-refractivity contribution in [2.24, 2.45) is 5.16 Å². The number of benzene rings is 1. The highest BCUT2D eigenvalue weighted by Crippen LogP contribution is 2.25. The Morgan fingerprint density at radius 1 is 1.07 bits per heavy atom. The zero-order valence-electron chi connectivity index (χ0n) is 15.4. The lowest BCUT2D eigenvalue weighted by atomic mass is 9.98. The maximum absolute atomic E-state index is 12.2. The van der Waals surface area contributed by atoms with Crippen molar-refractivity contribution in [2.75, 3.05) is 0 Å². The van der Waals surface area contributed by atoms with Crippen molar-refractivity contribution in [3.8, 4) is 0 Å². The van der Waals surface area contributed by atoms with E-state index in [4.69, 9.17) is 16.4 Å². The van der Waals surface area contributed by atoms with Crippen LogP contribution in [0.3, 0.4) is 0 Å². The first-order chi connectivity index (χ1) is 13.4. The van der Waals surface area contributed by atoms with Gasteiger partial charge in [-0.25, -0.2) is 0 Å². The molecule has 146 valence electrons. The third kappa shape index (κ3) is 5.36. The number of halogens is 1. The highest BCUT2D eigenvalue weighted by molar-refractivity contribution is 7.18. The van der Waals surface area contributed by atoms with E-state index >= 15 is 0 Å². The molecule has 0 N–H and O–H groups in total. The van der Waals surface area contributed by atoms with Crippen LogP contribution < -0.4 is 0 Å². The van der Waals surface area contributed by atoms with E-state index in [0.717, 1.165) is 11.3 Å². The highest BCUT2D eigenvalue weighted by Gasteiger charge is 2.23. The van der Waals surface area contributed by atoms with Crippen molar-refractivity contribution in [2.45, 2.75) is 45.1 Å². The fourth-order valence-corrected chi connectivity index (χ4v) is 3.93. The first-order valence-electron chi connectivity index (χ1n) is 9.06. The number of hydrogen-bond donors (Lipinski definition) is 0. The van der Waals surface area contributed by atoms with Crippen LogP contribution in [0, 0.1) is 0 Å². The van der Waals surface area contributed by atoms with Crippen LogP contribution in [0.2, 0.25) is 4.34 Å². The molecule has 3 rings (SSSR count). The third-order valence-electron chi connectivity index (χ3n) is 4.52. The molecule has 0 saturated carbocycles. The van der Waals surface area contributed by atoms with Gasteiger partial charge in [-0.15, -0.1) is 11.3 Å². The van der Waals surface area contributed by atoms with E-state index < -0.39 is 0 Å². The number of carbonyl (C=O) groups is 3. The molecule has 0 radical (unpaired) electrons. The van der Waals surface area contributed by atoms with E-state index in [1.54, 1.807) is 24.3 Å². The Balaban J connectivity index is 1.50. The topological polar surface area (TPSA) is 72.8 Å². The van der Waals surface area contributed by atoms with Crippen LogP contribution in [0.1, 0.15) is 64.6 Å². The Morgan fingerprint density at radius 3 is 2.46 bits per heavy atom. The smallest absolute Gasteiger partial charge is 0.172 e. The number of hydrogen-bond acceptors (Lipinski definition) is 6. The van der Waals surface area contributed by atoms with Gasteiger partial charge in [-0.2, -0.15) is 0 Å². The van der Waals surface area contributed by atoms with Crippen molar-refractivity contribution in [3.63, 3.8) is 0 Å². The van der Waals surface area contributed by atoms with Crippen molar-refractivity contribution >= 4 is 46.0 Å². The van der Waals surface area contributed by atoms with Crippen LogP contribution in [-0.4, -0.2) is 29.2 Å². The Kier molecular flexibility index (Phi) is 6.75. The lowest BCUT2D eigenvalue weighted by Gasteiger charge is -2.06. The first-order valence-corrected chi connectivity index (χ1v) is 10.3. The normalized spacial score (nSPS) is 15.8. The van der Waals surface area contributed by atoms with Gasteiger partial charge in [0.15, 0.2) is 11.6 Å². The third-order valence-corrected chi connectivity index (χ3v) is 5.79. The van der Waals surface area contributed by atoms with Crippen LogP contribution in [0.15, 0.2) is 41.6 Å². The lowest BCUT2D eigenvalue weighted by molar-refractivity contribution is -0.116. The number of oxime groups is 1. The number of Topliss-reactive ketones (excluding diaryl/α,β-unsaturated/α-hetero) is 3. The van der Waals surface area contributed by atoms with Crippen LogP contribution in [0.4, 0.5) is 0 Å². The molecule has 0 aliphatic carbocycles. The van der Waals surface area contributed by atoms with Gasteiger partial charge in [0, 0.05) is 31.2 Å². The molecule has 0 saturated heterocycles. The van der Waals surface area contributed by atoms with E-state index in [1.807, 2.05) is 12.1 Å². The fourth-order valence-electron chi connectivity index (χ4n) is 2.92. The van der Waals surface area contributed by atoms with Crippen LogP contribution in [0.5, 0.6) is 0 Å². The molecule has 0 amide bonds. The molecule has 1 atom stereocenters. The number of rotatable bonds is 9. The molecule has 1 aliphatic heterocycles. The average Bonchev–Trinajstić information content (AvgIpc) is 3.33. The standard InChI is InChI=1S/C21H20ClNO4S/c1-13(24)2-8-18(25)15-5-3-14(4-6-15)17-12-16(27-23-17)7-9-19(26)20-10-11-21(22)28-20/h3-6,10-11,16H,2,7-9,12H2,1H3. The molecular weight excluding hydrogens is 398 g/mol. The molecular formula is C21H20ClNO4S. The summed E-state index contributed by atoms with van der Waals surface area (Å²) in [5, 5.41) is 4.13. The van der Waals surface area contributed by atoms with Crippen molar-refractivity contribution < 1.29 is 19.2 Å². The van der Waals surface area contributed by atoms with E-state index in [9.17, 15) is 14.4 Å². The summed E-state index contributed by atoms with van der Waals surface area (Å²) < 4.78 is 0.606. The van der Waals surface area contributed by atoms with Gasteiger partial charge in [-0.3, -0.25) is 9.59 Å². The number of thiophene rings is 1. The zero-order valence-corrected chi connectivity index (χ0v) is 17.0. The minimum absolute atomic E-state index is 0.00845. The van der Waals surface area contributed by atoms with E-state index in [0.29, 0.717) is 34.0 Å². The summed E-state index contributed by atoms with van der Waals surface area (Å²) in [4.78, 5) is 41.4. The van der Waals surface area contributed by atoms with Crippen LogP contribution in [0.25, 0.3) is 0 Å². The average molecular weight is 418 g/mol. The Morgan fingerprint density at radius 2 is 1.82 bits per heavy atom. The van der Waals surface area contributed by atoms with Gasteiger partial charge in [0.05, 0.1) is 14.9 Å². The summed E-state index contributed by atoms with van der Waals surface area (Å²) >= 11 is 7.15. The van der Waals surface area contributed by atoms with Gasteiger partial charge in [-0.05, 0) is 31.0 Å². The summed E-state index contributed by atoms with van der Waals surface area (Å²) in [6.07, 6.45) is 1.95. The molecule has 5 nitrogen and oxygen atoms in total. The first kappa shape index (κ1) is 20.4. The van der Waals surface area contributed by atoms with E-state index in [2.05, 4.69) is 5.16 Å². The van der Waals surface area contributed by atoms with Gasteiger partial charge < -0.3 is 9.63 Å². The van der Waals surface area contributed by atoms with Crippen LogP contribution in [-0.2, 0) is 9.63 Å². The Hall–Kier alpha value is -2.31. The summed E-state index contributed by atoms with van der Waals surface area (Å²) in [5.74, 6) is 0.0212. The van der Waals surface area contributed by atoms with Crippen molar-refractivity contribution in [1.82, 2.24) is 0 Å². The van der Waals surface area contributed by atoms with Gasteiger partial charge in [0.25, 0.3) is 0 Å². The zero-order chi connectivity index (χ0) is 20.1. The molecule has 28 heavy (non-hydrogen) atoms. The maximum atomic E-state index is 12.2. The van der Waals surface area contributed by atoms with Crippen LogP contribution >= 0.6 is 22.9 Å². The van der Waals surface area contributed by atoms with E-state index in [1.165, 1.54) is 18.3 Å². The van der Waals surface area contributed by atoms with Crippen molar-refractivity contribution in [1.29, 1.82) is 0 Å². The molecule has 1 aromatic carbocycles. The van der Waals surface area contributed by atoms with E-state index in [-0.39, 0.29) is 36.3 Å². The molecule has 2 aromatic rings. The lowest BCUT2D eigenvalue weighted by Crippen LogP contribution is -2.11. The molecule has 2 heterocycles. The second kappa shape index (κ2) is 9.26. The minimum Gasteiger partial charge on any atom is -0.392 e. The molecule has 1 unspecified atom stereocenters. The number of nitrogens with zero attached hydrogens (tertiary/aromatic N) is 1. The SMILES string of the molecule is CC(=O)CCC(=O)c1ccc(C2=NOC(CCC(=O)c3ccc(Cl)s3)C2)cc1. The number of carbonyl (C=O) groups excluding carboxylic acids is 3. The maximum Gasteiger partial charge on any atom is 0.172 e. The molecule has 0 bridgehead atoms. The predicted octanol–water partition coefficient (Wildman–Crippen LogP) is 5.11. The fraction of sp³-hybridized carbons (Fsp3) is 0.333. The molecule has 0 fully saturated rings. The largest absolute Gasteiger partial charge is 0.392 e. The second-order valence-electron chi connectivity index (χ2n) is 6.74. The summed E-state index contributed by atoms with van der Waals surface area (Å²) in [6.45, 7) is 1.48.